The Morgan fingerprint density at radius 3 is 2.50 bits per heavy atom. The molecular formula is C16H13N3O5. The van der Waals surface area contributed by atoms with Crippen LogP contribution in [0.3, 0.4) is 0 Å². The predicted molar refractivity (Wildman–Crippen MR) is 86.3 cm³/mol. The molecule has 2 aromatic heterocycles. The molecule has 24 heavy (non-hydrogen) atoms. The highest BCUT2D eigenvalue weighted by atomic mass is 16.5. The molecule has 2 N–H and O–H groups in total. The molecule has 0 fully saturated rings. The van der Waals surface area contributed by atoms with Gasteiger partial charge in [-0.1, -0.05) is 30.3 Å². The van der Waals surface area contributed by atoms with Crippen molar-refractivity contribution in [3.05, 3.63) is 78.7 Å². The van der Waals surface area contributed by atoms with E-state index in [0.29, 0.717) is 0 Å². The highest BCUT2D eigenvalue weighted by Crippen LogP contribution is 2.11. The summed E-state index contributed by atoms with van der Waals surface area (Å²) in [5.74, 6) is -0.832. The van der Waals surface area contributed by atoms with Crippen LogP contribution in [0.1, 0.15) is 15.9 Å². The first kappa shape index (κ1) is 15.5. The average Bonchev–Trinajstić information content (AvgIpc) is 2.57. The smallest absolute Gasteiger partial charge is 0.339 e. The van der Waals surface area contributed by atoms with Crippen LogP contribution in [0.4, 0.5) is 0 Å². The van der Waals surface area contributed by atoms with Crippen molar-refractivity contribution in [2.75, 3.05) is 7.11 Å². The Kier molecular flexibility index (Phi) is 3.87. The van der Waals surface area contributed by atoms with Gasteiger partial charge in [0.05, 0.1) is 24.6 Å². The van der Waals surface area contributed by atoms with Crippen molar-refractivity contribution >= 4 is 17.0 Å². The molecule has 122 valence electrons. The third kappa shape index (κ3) is 2.65. The lowest BCUT2D eigenvalue weighted by atomic mass is 10.1. The normalized spacial score (nSPS) is 10.7. The number of esters is 1. The first-order chi connectivity index (χ1) is 11.5. The fourth-order valence-electron chi connectivity index (χ4n) is 2.49. The minimum atomic E-state index is -0.832. The van der Waals surface area contributed by atoms with E-state index in [1.54, 1.807) is 24.3 Å². The maximum absolute atomic E-state index is 12.2. The molecule has 8 heteroatoms. The molecule has 0 unspecified atom stereocenters. The summed E-state index contributed by atoms with van der Waals surface area (Å²) in [6.07, 6.45) is 0. The van der Waals surface area contributed by atoms with Crippen LogP contribution in [0.2, 0.25) is 0 Å². The monoisotopic (exact) mass is 327 g/mol. The van der Waals surface area contributed by atoms with E-state index in [-0.39, 0.29) is 23.1 Å². The fourth-order valence-corrected chi connectivity index (χ4v) is 2.49. The van der Waals surface area contributed by atoms with E-state index < -0.39 is 22.8 Å². The lowest BCUT2D eigenvalue weighted by molar-refractivity contribution is 0.0602. The molecular weight excluding hydrogens is 314 g/mol. The highest BCUT2D eigenvalue weighted by molar-refractivity contribution is 6.01. The third-order valence-corrected chi connectivity index (χ3v) is 3.57. The average molecular weight is 327 g/mol. The zero-order valence-electron chi connectivity index (χ0n) is 12.7. The second-order valence-corrected chi connectivity index (χ2v) is 5.09. The summed E-state index contributed by atoms with van der Waals surface area (Å²) in [7, 11) is 1.14. The van der Waals surface area contributed by atoms with Gasteiger partial charge in [-0.3, -0.25) is 19.1 Å². The molecule has 2 heterocycles. The molecule has 1 aromatic carbocycles. The third-order valence-electron chi connectivity index (χ3n) is 3.57. The maximum Gasteiger partial charge on any atom is 0.339 e. The van der Waals surface area contributed by atoms with Crippen molar-refractivity contribution < 1.29 is 9.53 Å². The number of nitrogens with one attached hydrogen (secondary N) is 2. The highest BCUT2D eigenvalue weighted by Gasteiger charge is 2.18. The quantitative estimate of drug-likeness (QED) is 0.668. The van der Waals surface area contributed by atoms with E-state index in [2.05, 4.69) is 14.7 Å². The summed E-state index contributed by atoms with van der Waals surface area (Å²) < 4.78 is 5.81. The summed E-state index contributed by atoms with van der Waals surface area (Å²) in [4.78, 5) is 52.7. The number of methoxy groups -OCH3 is 1. The van der Waals surface area contributed by atoms with Crippen molar-refractivity contribution in [3.8, 4) is 0 Å². The number of benzene rings is 1. The van der Waals surface area contributed by atoms with Crippen LogP contribution in [0, 0.1) is 0 Å². The molecule has 0 amide bonds. The molecule has 3 aromatic rings. The number of fused-ring (bicyclic) bond motifs is 1. The fraction of sp³-hybridized carbons (Fsp3) is 0.125. The number of pyridine rings is 1. The van der Waals surface area contributed by atoms with Crippen molar-refractivity contribution in [2.24, 2.45) is 0 Å². The number of nitrogens with zero attached hydrogens (tertiary/aromatic N) is 1. The maximum atomic E-state index is 12.2. The van der Waals surface area contributed by atoms with Crippen LogP contribution < -0.4 is 16.8 Å². The second-order valence-electron chi connectivity index (χ2n) is 5.09. The van der Waals surface area contributed by atoms with Gasteiger partial charge in [-0.2, -0.15) is 0 Å². The molecule has 0 aliphatic rings. The first-order valence-corrected chi connectivity index (χ1v) is 7.03. The summed E-state index contributed by atoms with van der Waals surface area (Å²) in [6.45, 7) is 0.119. The molecule has 0 saturated heterocycles. The topological polar surface area (TPSA) is 114 Å². The number of rotatable bonds is 3. The zero-order valence-corrected chi connectivity index (χ0v) is 12.7. The Labute approximate surface area is 134 Å². The van der Waals surface area contributed by atoms with Gasteiger partial charge in [0, 0.05) is 6.07 Å². The number of carbonyl (C=O) groups excluding carboxylic acids is 1. The summed E-state index contributed by atoms with van der Waals surface area (Å²) in [6, 6.07) is 10.0. The largest absolute Gasteiger partial charge is 0.465 e. The van der Waals surface area contributed by atoms with Gasteiger partial charge in [0.25, 0.3) is 5.56 Å². The predicted octanol–water partition coefficient (Wildman–Crippen LogP) is 0.213. The van der Waals surface area contributed by atoms with Crippen molar-refractivity contribution in [3.63, 3.8) is 0 Å². The van der Waals surface area contributed by atoms with Gasteiger partial charge < -0.3 is 9.72 Å². The van der Waals surface area contributed by atoms with Crippen LogP contribution in [0.15, 0.2) is 50.8 Å². The van der Waals surface area contributed by atoms with E-state index in [9.17, 15) is 19.2 Å². The minimum Gasteiger partial charge on any atom is -0.465 e. The van der Waals surface area contributed by atoms with Gasteiger partial charge >= 0.3 is 11.7 Å². The zero-order chi connectivity index (χ0) is 17.3. The van der Waals surface area contributed by atoms with E-state index >= 15 is 0 Å². The van der Waals surface area contributed by atoms with Gasteiger partial charge in [-0.05, 0) is 5.56 Å². The molecule has 0 spiro atoms. The lowest BCUT2D eigenvalue weighted by Gasteiger charge is -2.11. The van der Waals surface area contributed by atoms with Crippen molar-refractivity contribution in [1.29, 1.82) is 0 Å². The summed E-state index contributed by atoms with van der Waals surface area (Å²) >= 11 is 0. The van der Waals surface area contributed by atoms with Crippen LogP contribution in [0.5, 0.6) is 0 Å². The number of ether oxygens (including phenoxy) is 1. The first-order valence-electron chi connectivity index (χ1n) is 7.03. The summed E-state index contributed by atoms with van der Waals surface area (Å²) in [5, 5.41) is -0.100. The molecule has 0 aliphatic carbocycles. The standard InChI is InChI=1S/C16H13N3O5/c1-24-15(22)10-7-11(20)17-13-12(10)14(21)18-16(23)19(13)8-9-5-3-2-4-6-9/h2-7H,8H2,1H3,(H,17,20)(H,18,21,23). The number of carbonyl (C=O) groups is 1. The number of H-pyrrole nitrogens is 2. The van der Waals surface area contributed by atoms with Crippen molar-refractivity contribution in [1.82, 2.24) is 14.5 Å². The molecule has 0 radical (unpaired) electrons. The molecule has 0 atom stereocenters. The van der Waals surface area contributed by atoms with Crippen LogP contribution >= 0.6 is 0 Å². The number of hydrogen-bond donors (Lipinski definition) is 2. The Morgan fingerprint density at radius 1 is 1.12 bits per heavy atom. The Balaban J connectivity index is 2.36. The van der Waals surface area contributed by atoms with Gasteiger partial charge in [-0.25, -0.2) is 9.59 Å². The molecule has 3 rings (SSSR count). The molecule has 0 aliphatic heterocycles. The number of aromatic nitrogens is 3. The Hall–Kier alpha value is -3.42. The second kappa shape index (κ2) is 5.99. The number of hydrogen-bond acceptors (Lipinski definition) is 5. The van der Waals surface area contributed by atoms with Crippen molar-refractivity contribution in [2.45, 2.75) is 6.54 Å². The minimum absolute atomic E-state index is 0.0273. The summed E-state index contributed by atoms with van der Waals surface area (Å²) in [5.41, 5.74) is -1.50. The SMILES string of the molecule is COC(=O)c1cc(=O)[nH]c2c1c(=O)[nH]c(=O)n2Cc1ccccc1. The Bertz CT molecular complexity index is 1090. The molecule has 0 bridgehead atoms. The van der Waals surface area contributed by atoms with E-state index in [4.69, 9.17) is 0 Å². The van der Waals surface area contributed by atoms with Crippen LogP contribution in [-0.2, 0) is 11.3 Å². The van der Waals surface area contributed by atoms with Crippen LogP contribution in [0.25, 0.3) is 11.0 Å². The van der Waals surface area contributed by atoms with E-state index in [0.717, 1.165) is 18.7 Å². The van der Waals surface area contributed by atoms with E-state index in [1.165, 1.54) is 4.57 Å². The Morgan fingerprint density at radius 2 is 1.83 bits per heavy atom. The van der Waals surface area contributed by atoms with Gasteiger partial charge in [0.15, 0.2) is 0 Å². The van der Waals surface area contributed by atoms with E-state index in [1.807, 2.05) is 6.07 Å². The molecule has 0 saturated carbocycles. The lowest BCUT2D eigenvalue weighted by Crippen LogP contribution is -2.33. The van der Waals surface area contributed by atoms with Crippen LogP contribution in [-0.4, -0.2) is 27.6 Å². The van der Waals surface area contributed by atoms with Gasteiger partial charge in [0.2, 0.25) is 5.56 Å². The molecule has 8 nitrogen and oxygen atoms in total. The number of aromatic amines is 2. The van der Waals surface area contributed by atoms with Gasteiger partial charge in [0.1, 0.15) is 5.65 Å². The van der Waals surface area contributed by atoms with Gasteiger partial charge in [-0.15, -0.1) is 0 Å².